The lowest BCUT2D eigenvalue weighted by Crippen LogP contribution is -2.33. The average molecular weight is 311 g/mol. The third-order valence-corrected chi connectivity index (χ3v) is 4.72. The molecule has 1 atom stereocenters. The molecule has 1 rings (SSSR count). The molecule has 0 amide bonds. The maximum atomic E-state index is 12.2. The summed E-state index contributed by atoms with van der Waals surface area (Å²) in [6.07, 6.45) is 1.62. The number of hydrogen-bond acceptors (Lipinski definition) is 3. The van der Waals surface area contributed by atoms with Crippen molar-refractivity contribution < 1.29 is 8.42 Å². The minimum absolute atomic E-state index is 0.0243. The van der Waals surface area contributed by atoms with Crippen molar-refractivity contribution in [2.75, 3.05) is 5.73 Å². The molecule has 1 aromatic rings. The van der Waals surface area contributed by atoms with Crippen LogP contribution in [0.3, 0.4) is 0 Å². The zero-order valence-corrected chi connectivity index (χ0v) is 12.5. The molecule has 0 fully saturated rings. The van der Waals surface area contributed by atoms with Gasteiger partial charge in [0.15, 0.2) is 0 Å². The van der Waals surface area contributed by atoms with Gasteiger partial charge in [0, 0.05) is 11.1 Å². The van der Waals surface area contributed by atoms with Crippen molar-refractivity contribution >= 4 is 38.9 Å². The Morgan fingerprint density at radius 3 is 2.50 bits per heavy atom. The summed E-state index contributed by atoms with van der Waals surface area (Å²) >= 11 is 11.6. The largest absolute Gasteiger partial charge is 0.398 e. The minimum Gasteiger partial charge on any atom is -0.398 e. The van der Waals surface area contributed by atoms with Crippen LogP contribution in [-0.2, 0) is 10.0 Å². The van der Waals surface area contributed by atoms with Crippen LogP contribution in [0.15, 0.2) is 17.0 Å². The van der Waals surface area contributed by atoms with Crippen molar-refractivity contribution in [1.29, 1.82) is 0 Å². The summed E-state index contributed by atoms with van der Waals surface area (Å²) in [7, 11) is -3.73. The first-order valence-corrected chi connectivity index (χ1v) is 7.78. The number of anilines is 1. The van der Waals surface area contributed by atoms with Gasteiger partial charge >= 0.3 is 0 Å². The van der Waals surface area contributed by atoms with Gasteiger partial charge in [0.1, 0.15) is 4.90 Å². The molecule has 0 aromatic heterocycles. The number of nitrogens with two attached hydrogens (primary N) is 1. The van der Waals surface area contributed by atoms with E-state index >= 15 is 0 Å². The molecule has 0 saturated carbocycles. The molecule has 1 aromatic carbocycles. The fourth-order valence-electron chi connectivity index (χ4n) is 1.68. The standard InChI is InChI=1S/C11H16Cl2N2O2S/c1-3-4-7(2)15-18(16,17)11-9(13)5-8(12)6-10(11)14/h5-7,15H,3-4,14H2,1-2H3. The quantitative estimate of drug-likeness (QED) is 0.821. The van der Waals surface area contributed by atoms with Gasteiger partial charge in [0.05, 0.1) is 10.7 Å². The molecule has 1 unspecified atom stereocenters. The Balaban J connectivity index is 3.13. The van der Waals surface area contributed by atoms with Crippen LogP contribution >= 0.6 is 23.2 Å². The van der Waals surface area contributed by atoms with E-state index in [1.54, 1.807) is 6.92 Å². The molecule has 0 spiro atoms. The van der Waals surface area contributed by atoms with Gasteiger partial charge in [0.2, 0.25) is 10.0 Å². The van der Waals surface area contributed by atoms with Gasteiger partial charge in [-0.15, -0.1) is 0 Å². The van der Waals surface area contributed by atoms with Crippen molar-refractivity contribution in [2.45, 2.75) is 37.6 Å². The van der Waals surface area contributed by atoms with Gasteiger partial charge in [-0.3, -0.25) is 0 Å². The highest BCUT2D eigenvalue weighted by Gasteiger charge is 2.23. The monoisotopic (exact) mass is 310 g/mol. The lowest BCUT2D eigenvalue weighted by Gasteiger charge is -2.15. The second kappa shape index (κ2) is 6.10. The van der Waals surface area contributed by atoms with Crippen molar-refractivity contribution in [3.63, 3.8) is 0 Å². The van der Waals surface area contributed by atoms with Crippen molar-refractivity contribution in [1.82, 2.24) is 4.72 Å². The maximum absolute atomic E-state index is 12.2. The van der Waals surface area contributed by atoms with E-state index in [9.17, 15) is 8.42 Å². The van der Waals surface area contributed by atoms with Gasteiger partial charge in [-0.1, -0.05) is 36.5 Å². The van der Waals surface area contributed by atoms with Crippen LogP contribution in [-0.4, -0.2) is 14.5 Å². The lowest BCUT2D eigenvalue weighted by atomic mass is 10.2. The summed E-state index contributed by atoms with van der Waals surface area (Å²) in [5.74, 6) is 0. The Hall–Kier alpha value is -0.490. The number of nitrogens with one attached hydrogen (secondary N) is 1. The van der Waals surface area contributed by atoms with Crippen LogP contribution in [0, 0.1) is 0 Å². The van der Waals surface area contributed by atoms with Crippen molar-refractivity contribution in [3.05, 3.63) is 22.2 Å². The Labute approximate surface area is 118 Å². The first kappa shape index (κ1) is 15.6. The summed E-state index contributed by atoms with van der Waals surface area (Å²) in [4.78, 5) is -0.114. The zero-order valence-electron chi connectivity index (χ0n) is 10.2. The SMILES string of the molecule is CCCC(C)NS(=O)(=O)c1c(N)cc(Cl)cc1Cl. The Morgan fingerprint density at radius 1 is 1.39 bits per heavy atom. The molecule has 4 nitrogen and oxygen atoms in total. The highest BCUT2D eigenvalue weighted by Crippen LogP contribution is 2.31. The van der Waals surface area contributed by atoms with E-state index in [4.69, 9.17) is 28.9 Å². The predicted octanol–water partition coefficient (Wildman–Crippen LogP) is 3.04. The van der Waals surface area contributed by atoms with Crippen LogP contribution in [0.5, 0.6) is 0 Å². The van der Waals surface area contributed by atoms with Crippen LogP contribution < -0.4 is 10.5 Å². The van der Waals surface area contributed by atoms with E-state index in [0.29, 0.717) is 5.02 Å². The van der Waals surface area contributed by atoms with Gasteiger partial charge < -0.3 is 5.73 Å². The molecule has 0 saturated heterocycles. The summed E-state index contributed by atoms with van der Waals surface area (Å²) in [6.45, 7) is 3.77. The number of sulfonamides is 1. The summed E-state index contributed by atoms with van der Waals surface area (Å²) in [5, 5.41) is 0.328. The summed E-state index contributed by atoms with van der Waals surface area (Å²) in [6, 6.07) is 2.55. The first-order valence-electron chi connectivity index (χ1n) is 5.54. The highest BCUT2D eigenvalue weighted by atomic mass is 35.5. The molecule has 0 bridgehead atoms. The molecule has 0 aliphatic rings. The topological polar surface area (TPSA) is 72.2 Å². The second-order valence-corrected chi connectivity index (χ2v) is 6.61. The molecule has 0 aliphatic heterocycles. The minimum atomic E-state index is -3.73. The molecule has 102 valence electrons. The Kier molecular flexibility index (Phi) is 5.28. The normalized spacial score (nSPS) is 13.6. The molecular weight excluding hydrogens is 295 g/mol. The van der Waals surface area contributed by atoms with E-state index in [2.05, 4.69) is 4.72 Å². The molecule has 18 heavy (non-hydrogen) atoms. The average Bonchev–Trinajstić information content (AvgIpc) is 2.13. The van der Waals surface area contributed by atoms with Crippen LogP contribution in [0.2, 0.25) is 10.0 Å². The molecule has 3 N–H and O–H groups in total. The predicted molar refractivity (Wildman–Crippen MR) is 75.6 cm³/mol. The third kappa shape index (κ3) is 3.75. The van der Waals surface area contributed by atoms with E-state index in [1.165, 1.54) is 12.1 Å². The smallest absolute Gasteiger partial charge is 0.244 e. The molecule has 0 heterocycles. The van der Waals surface area contributed by atoms with Gasteiger partial charge in [0.25, 0.3) is 0 Å². The number of rotatable bonds is 5. The first-order chi connectivity index (χ1) is 8.27. The molecular formula is C11H16Cl2N2O2S. The lowest BCUT2D eigenvalue weighted by molar-refractivity contribution is 0.544. The van der Waals surface area contributed by atoms with Gasteiger partial charge in [-0.25, -0.2) is 13.1 Å². The highest BCUT2D eigenvalue weighted by molar-refractivity contribution is 7.89. The number of halogens is 2. The van der Waals surface area contributed by atoms with E-state index < -0.39 is 10.0 Å². The van der Waals surface area contributed by atoms with E-state index in [-0.39, 0.29) is 21.6 Å². The second-order valence-electron chi connectivity index (χ2n) is 4.12. The molecule has 7 heteroatoms. The Bertz CT molecular complexity index is 509. The Morgan fingerprint density at radius 2 is 2.00 bits per heavy atom. The van der Waals surface area contributed by atoms with E-state index in [1.807, 2.05) is 6.92 Å². The van der Waals surface area contributed by atoms with Crippen LogP contribution in [0.25, 0.3) is 0 Å². The van der Waals surface area contributed by atoms with Crippen LogP contribution in [0.4, 0.5) is 5.69 Å². The third-order valence-electron chi connectivity index (χ3n) is 2.38. The fraction of sp³-hybridized carbons (Fsp3) is 0.455. The zero-order chi connectivity index (χ0) is 13.9. The number of nitrogen functional groups attached to an aromatic ring is 1. The molecule has 0 radical (unpaired) electrons. The summed E-state index contributed by atoms with van der Waals surface area (Å²) < 4.78 is 26.8. The van der Waals surface area contributed by atoms with E-state index in [0.717, 1.165) is 12.8 Å². The fourth-order valence-corrected chi connectivity index (χ4v) is 3.94. The molecule has 0 aliphatic carbocycles. The van der Waals surface area contributed by atoms with Crippen molar-refractivity contribution in [2.24, 2.45) is 0 Å². The summed E-state index contributed by atoms with van der Waals surface area (Å²) in [5.41, 5.74) is 5.72. The number of hydrogen-bond donors (Lipinski definition) is 2. The van der Waals surface area contributed by atoms with Gasteiger partial charge in [-0.2, -0.15) is 0 Å². The van der Waals surface area contributed by atoms with Crippen molar-refractivity contribution in [3.8, 4) is 0 Å². The van der Waals surface area contributed by atoms with Gasteiger partial charge in [-0.05, 0) is 25.5 Å². The van der Waals surface area contributed by atoms with Crippen LogP contribution in [0.1, 0.15) is 26.7 Å². The maximum Gasteiger partial charge on any atom is 0.244 e. The number of benzene rings is 1.